The number of aromatic nitrogens is 2. The monoisotopic (exact) mass is 672 g/mol. The molecule has 13 heteroatoms. The van der Waals surface area contributed by atoms with E-state index in [1.54, 1.807) is 12.1 Å². The number of alkyl halides is 1. The Morgan fingerprint density at radius 2 is 1.25 bits per heavy atom. The zero-order valence-corrected chi connectivity index (χ0v) is 24.6. The molecule has 40 heavy (non-hydrogen) atoms. The van der Waals surface area contributed by atoms with Gasteiger partial charge in [-0.25, -0.2) is 19.6 Å². The first kappa shape index (κ1) is 32.1. The van der Waals surface area contributed by atoms with Crippen molar-refractivity contribution in [3.8, 4) is 0 Å². The minimum absolute atomic E-state index is 0.0196. The lowest BCUT2D eigenvalue weighted by Crippen LogP contribution is -2.34. The minimum Gasteiger partial charge on any atom is -0.477 e. The van der Waals surface area contributed by atoms with Crippen molar-refractivity contribution in [3.63, 3.8) is 0 Å². The second-order valence-corrected chi connectivity index (χ2v) is 11.2. The van der Waals surface area contributed by atoms with Gasteiger partial charge in [-0.15, -0.1) is 0 Å². The van der Waals surface area contributed by atoms with Crippen LogP contribution in [0.2, 0.25) is 0 Å². The highest BCUT2D eigenvalue weighted by atomic mass is 127. The molecule has 0 amide bonds. The SMILES string of the molecule is C=IC1COCCN(Cc2cccc(C(=O)O)n2)CCOCCOCCN(Cc2cccc(C(=O)O)n2)CCO1. The van der Waals surface area contributed by atoms with Crippen LogP contribution in [-0.2, 0) is 32.0 Å². The maximum atomic E-state index is 11.3. The fourth-order valence-corrected chi connectivity index (χ4v) is 4.91. The van der Waals surface area contributed by atoms with Crippen LogP contribution in [0.15, 0.2) is 36.4 Å². The third-order valence-corrected chi connectivity index (χ3v) is 7.68. The highest BCUT2D eigenvalue weighted by Crippen LogP contribution is 2.11. The second-order valence-electron chi connectivity index (χ2n) is 8.93. The van der Waals surface area contributed by atoms with Gasteiger partial charge in [0.15, 0.2) is 0 Å². The van der Waals surface area contributed by atoms with E-state index in [4.69, 9.17) is 18.9 Å². The Labute approximate surface area is 244 Å². The van der Waals surface area contributed by atoms with Crippen molar-refractivity contribution in [2.45, 2.75) is 17.2 Å². The molecule has 2 N–H and O–H groups in total. The van der Waals surface area contributed by atoms with E-state index >= 15 is 0 Å². The fraction of sp³-hybridized carbons (Fsp3) is 0.519. The number of carboxylic acid groups (broad SMARTS) is 2. The number of ether oxygens (including phenoxy) is 4. The van der Waals surface area contributed by atoms with Crippen LogP contribution >= 0.6 is 20.7 Å². The van der Waals surface area contributed by atoms with Crippen molar-refractivity contribution in [3.05, 3.63) is 59.2 Å². The molecule has 0 radical (unpaired) electrons. The quantitative estimate of drug-likeness (QED) is 0.328. The van der Waals surface area contributed by atoms with Crippen molar-refractivity contribution in [2.75, 3.05) is 72.4 Å². The molecule has 0 aliphatic carbocycles. The Kier molecular flexibility index (Phi) is 14.5. The smallest absolute Gasteiger partial charge is 0.354 e. The fourth-order valence-electron chi connectivity index (χ4n) is 3.90. The zero-order chi connectivity index (χ0) is 28.6. The van der Waals surface area contributed by atoms with Gasteiger partial charge in [0, 0.05) is 39.3 Å². The summed E-state index contributed by atoms with van der Waals surface area (Å²) in [4.78, 5) is 35.3. The predicted octanol–water partition coefficient (Wildman–Crippen LogP) is 1.99. The molecule has 12 nitrogen and oxygen atoms in total. The number of hydrogen-bond donors (Lipinski definition) is 2. The van der Waals surface area contributed by atoms with Gasteiger partial charge in [0.05, 0.1) is 57.6 Å². The van der Waals surface area contributed by atoms with E-state index in [1.165, 1.54) is 12.1 Å². The molecule has 1 atom stereocenters. The molecule has 1 fully saturated rings. The van der Waals surface area contributed by atoms with Crippen LogP contribution < -0.4 is 0 Å². The first-order chi connectivity index (χ1) is 19.4. The molecule has 0 aromatic carbocycles. The van der Waals surface area contributed by atoms with Gasteiger partial charge in [-0.05, 0) is 24.3 Å². The van der Waals surface area contributed by atoms with Crippen LogP contribution in [-0.4, -0.2) is 123 Å². The van der Waals surface area contributed by atoms with E-state index < -0.39 is 32.7 Å². The van der Waals surface area contributed by atoms with Crippen molar-refractivity contribution in [1.82, 2.24) is 19.8 Å². The third kappa shape index (κ3) is 12.0. The maximum Gasteiger partial charge on any atom is 0.354 e. The Bertz CT molecular complexity index is 1090. The number of halogens is 1. The van der Waals surface area contributed by atoms with Crippen LogP contribution in [0.4, 0.5) is 0 Å². The molecule has 3 rings (SSSR count). The Hall–Kier alpha value is -2.40. The number of hydrogen-bond acceptors (Lipinski definition) is 10. The number of rotatable bonds is 7. The zero-order valence-electron chi connectivity index (χ0n) is 22.5. The molecule has 220 valence electrons. The number of aromatic carboxylic acids is 2. The molecule has 1 aliphatic rings. The van der Waals surface area contributed by atoms with Gasteiger partial charge in [-0.1, -0.05) is 37.4 Å². The lowest BCUT2D eigenvalue weighted by Gasteiger charge is -2.24. The normalized spacial score (nSPS) is 19.9. The highest BCUT2D eigenvalue weighted by Gasteiger charge is 2.14. The van der Waals surface area contributed by atoms with E-state index in [9.17, 15) is 19.8 Å². The van der Waals surface area contributed by atoms with Gasteiger partial charge in [0.1, 0.15) is 15.5 Å². The molecule has 3 heterocycles. The Balaban J connectivity index is 1.56. The van der Waals surface area contributed by atoms with Gasteiger partial charge in [-0.3, -0.25) is 9.80 Å². The summed E-state index contributed by atoms with van der Waals surface area (Å²) >= 11 is -0.466. The van der Waals surface area contributed by atoms with Gasteiger partial charge in [-0.2, -0.15) is 0 Å². The molecular formula is C27H37IN4O8. The predicted molar refractivity (Wildman–Crippen MR) is 156 cm³/mol. The maximum absolute atomic E-state index is 11.3. The Morgan fingerprint density at radius 1 is 0.775 bits per heavy atom. The Morgan fingerprint density at radius 3 is 1.73 bits per heavy atom. The van der Waals surface area contributed by atoms with Crippen LogP contribution in [0.1, 0.15) is 32.4 Å². The lowest BCUT2D eigenvalue weighted by molar-refractivity contribution is 0.00146. The second kappa shape index (κ2) is 18.1. The molecule has 0 spiro atoms. The van der Waals surface area contributed by atoms with Gasteiger partial charge in [0.2, 0.25) is 0 Å². The third-order valence-electron chi connectivity index (χ3n) is 5.98. The van der Waals surface area contributed by atoms with Crippen molar-refractivity contribution in [1.29, 1.82) is 0 Å². The molecule has 1 saturated heterocycles. The van der Waals surface area contributed by atoms with Crippen LogP contribution in [0.3, 0.4) is 0 Å². The largest absolute Gasteiger partial charge is 0.477 e. The first-order valence-corrected chi connectivity index (χ1v) is 15.8. The summed E-state index contributed by atoms with van der Waals surface area (Å²) in [7, 11) is 0. The van der Waals surface area contributed by atoms with Gasteiger partial charge >= 0.3 is 11.9 Å². The molecule has 2 aromatic heterocycles. The number of carbonyl (C=O) groups is 2. The highest BCUT2D eigenvalue weighted by molar-refractivity contribution is 14.2. The van der Waals surface area contributed by atoms with Gasteiger partial charge < -0.3 is 29.2 Å². The van der Waals surface area contributed by atoms with Crippen molar-refractivity contribution < 1.29 is 38.7 Å². The average molecular weight is 673 g/mol. The van der Waals surface area contributed by atoms with Crippen LogP contribution in [0, 0.1) is 0 Å². The van der Waals surface area contributed by atoms with Crippen LogP contribution in [0.5, 0.6) is 0 Å². The minimum atomic E-state index is -1.05. The van der Waals surface area contributed by atoms with E-state index in [1.807, 2.05) is 12.1 Å². The summed E-state index contributed by atoms with van der Waals surface area (Å²) in [5.74, 6) is -2.11. The van der Waals surface area contributed by atoms with E-state index in [2.05, 4.69) is 24.3 Å². The van der Waals surface area contributed by atoms with Crippen molar-refractivity contribution >= 4 is 37.2 Å². The topological polar surface area (TPSA) is 144 Å². The van der Waals surface area contributed by atoms with Gasteiger partial charge in [0.25, 0.3) is 0 Å². The summed E-state index contributed by atoms with van der Waals surface area (Å²) < 4.78 is 27.6. The summed E-state index contributed by atoms with van der Waals surface area (Å²) in [6.07, 6.45) is 0. The van der Waals surface area contributed by atoms with Crippen LogP contribution in [0.25, 0.3) is 0 Å². The molecule has 1 unspecified atom stereocenters. The molecule has 0 bridgehead atoms. The van der Waals surface area contributed by atoms with E-state index in [-0.39, 0.29) is 15.5 Å². The molecule has 1 aliphatic heterocycles. The first-order valence-electron chi connectivity index (χ1n) is 13.0. The number of carboxylic acids is 2. The number of nitrogens with zero attached hydrogens (tertiary/aromatic N) is 4. The molecule has 0 saturated carbocycles. The molecular weight excluding hydrogens is 635 g/mol. The van der Waals surface area contributed by atoms with E-state index in [0.717, 1.165) is 0 Å². The average Bonchev–Trinajstić information content (AvgIpc) is 2.95. The molecule has 2 aromatic rings. The summed E-state index contributed by atoms with van der Waals surface area (Å²) in [6.45, 7) is 6.69. The van der Waals surface area contributed by atoms with E-state index in [0.29, 0.717) is 96.9 Å². The summed E-state index contributed by atoms with van der Waals surface area (Å²) in [5.41, 5.74) is 1.38. The standard InChI is InChI=1S/C27H37IN4O8/c1-28-25-20-39-14-10-31(18-21-4-2-6-23(29-21)26(33)34)8-12-37-16-17-38-13-9-32(11-15-40-25)19-22-5-3-7-24(30-22)27(35)36/h2-7,25H,1,8-20H2,(H,33,34)(H,35,36). The lowest BCUT2D eigenvalue weighted by atomic mass is 10.3. The van der Waals surface area contributed by atoms with Crippen molar-refractivity contribution in [2.24, 2.45) is 0 Å². The number of pyridine rings is 2. The summed E-state index contributed by atoms with van der Waals surface area (Å²) in [5, 5.41) is 18.5. The summed E-state index contributed by atoms with van der Waals surface area (Å²) in [6, 6.07) is 9.98.